The molecule has 1 unspecified atom stereocenters. The number of nitrogens with two attached hydrogens (primary N) is 1. The summed E-state index contributed by atoms with van der Waals surface area (Å²) in [6, 6.07) is 3.91. The molecule has 4 nitrogen and oxygen atoms in total. The van der Waals surface area contributed by atoms with Crippen LogP contribution in [-0.2, 0) is 4.79 Å². The zero-order chi connectivity index (χ0) is 14.5. The van der Waals surface area contributed by atoms with Crippen molar-refractivity contribution in [1.82, 2.24) is 0 Å². The van der Waals surface area contributed by atoms with Crippen LogP contribution in [0.4, 0.5) is 0 Å². The lowest BCUT2D eigenvalue weighted by atomic mass is 9.78. The second kappa shape index (κ2) is 6.27. The summed E-state index contributed by atoms with van der Waals surface area (Å²) in [4.78, 5) is 10.9. The largest absolute Gasteiger partial charge is 0.481 e. The SMILES string of the molecule is CCC1(C(=O)O)C=CC=C(N)C1.Cc1ccc(C)o1. The van der Waals surface area contributed by atoms with Gasteiger partial charge < -0.3 is 15.3 Å². The van der Waals surface area contributed by atoms with Gasteiger partial charge in [0, 0.05) is 12.1 Å². The van der Waals surface area contributed by atoms with Crippen molar-refractivity contribution in [3.05, 3.63) is 47.6 Å². The van der Waals surface area contributed by atoms with Crippen LogP contribution in [-0.4, -0.2) is 11.1 Å². The van der Waals surface area contributed by atoms with E-state index in [1.807, 2.05) is 32.9 Å². The van der Waals surface area contributed by atoms with Gasteiger partial charge >= 0.3 is 5.97 Å². The average Bonchev–Trinajstić information content (AvgIpc) is 2.73. The van der Waals surface area contributed by atoms with E-state index in [0.717, 1.165) is 11.5 Å². The lowest BCUT2D eigenvalue weighted by Crippen LogP contribution is -2.31. The molecule has 0 fully saturated rings. The Labute approximate surface area is 113 Å². The summed E-state index contributed by atoms with van der Waals surface area (Å²) in [5.41, 5.74) is 5.45. The Morgan fingerprint density at radius 2 is 2.00 bits per heavy atom. The summed E-state index contributed by atoms with van der Waals surface area (Å²) < 4.78 is 5.08. The van der Waals surface area contributed by atoms with Crippen LogP contribution in [0.15, 0.2) is 40.5 Å². The average molecular weight is 263 g/mol. The molecule has 0 saturated heterocycles. The highest BCUT2D eigenvalue weighted by molar-refractivity contribution is 5.78. The van der Waals surface area contributed by atoms with E-state index in [0.29, 0.717) is 18.5 Å². The van der Waals surface area contributed by atoms with Crippen LogP contribution in [0, 0.1) is 19.3 Å². The first-order valence-corrected chi connectivity index (χ1v) is 6.30. The molecule has 3 N–H and O–H groups in total. The molecule has 0 aliphatic heterocycles. The highest BCUT2D eigenvalue weighted by Crippen LogP contribution is 2.33. The fourth-order valence-corrected chi connectivity index (χ4v) is 1.94. The van der Waals surface area contributed by atoms with E-state index in [1.54, 1.807) is 18.2 Å². The van der Waals surface area contributed by atoms with Crippen molar-refractivity contribution in [2.45, 2.75) is 33.6 Å². The Morgan fingerprint density at radius 3 is 2.26 bits per heavy atom. The first kappa shape index (κ1) is 15.1. The van der Waals surface area contributed by atoms with Gasteiger partial charge in [-0.1, -0.05) is 19.1 Å². The van der Waals surface area contributed by atoms with Crippen LogP contribution < -0.4 is 5.73 Å². The molecule has 1 atom stereocenters. The van der Waals surface area contributed by atoms with Gasteiger partial charge in [0.15, 0.2) is 0 Å². The van der Waals surface area contributed by atoms with Crippen molar-refractivity contribution in [2.75, 3.05) is 0 Å². The van der Waals surface area contributed by atoms with Gasteiger partial charge in [0.25, 0.3) is 0 Å². The minimum atomic E-state index is -0.794. The van der Waals surface area contributed by atoms with Crippen LogP contribution in [0.3, 0.4) is 0 Å². The highest BCUT2D eigenvalue weighted by atomic mass is 16.4. The molecular weight excluding hydrogens is 242 g/mol. The molecule has 1 aromatic rings. The molecular formula is C15H21NO3. The molecule has 2 rings (SSSR count). The Bertz CT molecular complexity index is 483. The lowest BCUT2D eigenvalue weighted by Gasteiger charge is -2.26. The van der Waals surface area contributed by atoms with E-state index in [-0.39, 0.29) is 0 Å². The number of allylic oxidation sites excluding steroid dienone is 3. The standard InChI is InChI=1S/C9H13NO2.C6H8O/c1-2-9(8(11)12)5-3-4-7(10)6-9;1-5-3-4-6(2)7-5/h3-5H,2,6,10H2,1H3,(H,11,12);3-4H,1-2H3. The second-order valence-electron chi connectivity index (χ2n) is 4.75. The van der Waals surface area contributed by atoms with Gasteiger partial charge in [-0.3, -0.25) is 4.79 Å². The number of furan rings is 1. The molecule has 0 amide bonds. The smallest absolute Gasteiger partial charge is 0.313 e. The predicted molar refractivity (Wildman–Crippen MR) is 74.6 cm³/mol. The molecule has 1 aromatic heterocycles. The molecule has 0 bridgehead atoms. The van der Waals surface area contributed by atoms with E-state index < -0.39 is 11.4 Å². The molecule has 1 aliphatic carbocycles. The third-order valence-electron chi connectivity index (χ3n) is 3.18. The number of aryl methyl sites for hydroxylation is 2. The summed E-state index contributed by atoms with van der Waals surface area (Å²) in [6.45, 7) is 5.73. The summed E-state index contributed by atoms with van der Waals surface area (Å²) in [5, 5.41) is 8.97. The molecule has 4 heteroatoms. The Balaban J connectivity index is 0.000000218. The molecule has 1 heterocycles. The monoisotopic (exact) mass is 263 g/mol. The minimum Gasteiger partial charge on any atom is -0.481 e. The van der Waals surface area contributed by atoms with E-state index in [2.05, 4.69) is 0 Å². The quantitative estimate of drug-likeness (QED) is 0.859. The van der Waals surface area contributed by atoms with Gasteiger partial charge in [-0.05, 0) is 38.5 Å². The molecule has 104 valence electrons. The number of aliphatic carboxylic acids is 1. The van der Waals surface area contributed by atoms with Gasteiger partial charge in [0.05, 0.1) is 5.41 Å². The van der Waals surface area contributed by atoms with E-state index in [1.165, 1.54) is 0 Å². The topological polar surface area (TPSA) is 76.5 Å². The maximum absolute atomic E-state index is 10.9. The van der Waals surface area contributed by atoms with Gasteiger partial charge in [-0.25, -0.2) is 0 Å². The lowest BCUT2D eigenvalue weighted by molar-refractivity contribution is -0.146. The number of hydrogen-bond acceptors (Lipinski definition) is 3. The van der Waals surface area contributed by atoms with Crippen molar-refractivity contribution < 1.29 is 14.3 Å². The zero-order valence-electron chi connectivity index (χ0n) is 11.6. The number of carboxylic acids is 1. The van der Waals surface area contributed by atoms with Gasteiger partial charge in [-0.15, -0.1) is 0 Å². The third kappa shape index (κ3) is 4.02. The van der Waals surface area contributed by atoms with Crippen LogP contribution in [0.25, 0.3) is 0 Å². The zero-order valence-corrected chi connectivity index (χ0v) is 11.6. The maximum Gasteiger partial charge on any atom is 0.313 e. The molecule has 19 heavy (non-hydrogen) atoms. The predicted octanol–water partition coefficient (Wildman–Crippen LogP) is 3.17. The molecule has 0 spiro atoms. The normalized spacial score (nSPS) is 21.3. The molecule has 1 aliphatic rings. The van der Waals surface area contributed by atoms with E-state index in [9.17, 15) is 4.79 Å². The number of carbonyl (C=O) groups is 1. The van der Waals surface area contributed by atoms with Crippen LogP contribution in [0.2, 0.25) is 0 Å². The Kier molecular flexibility index (Phi) is 4.98. The molecule has 0 aromatic carbocycles. The van der Waals surface area contributed by atoms with Crippen LogP contribution >= 0.6 is 0 Å². The fourth-order valence-electron chi connectivity index (χ4n) is 1.94. The summed E-state index contributed by atoms with van der Waals surface area (Å²) >= 11 is 0. The van der Waals surface area contributed by atoms with Crippen molar-refractivity contribution in [1.29, 1.82) is 0 Å². The second-order valence-corrected chi connectivity index (χ2v) is 4.75. The van der Waals surface area contributed by atoms with Gasteiger partial charge in [0.2, 0.25) is 0 Å². The minimum absolute atomic E-state index is 0.426. The third-order valence-corrected chi connectivity index (χ3v) is 3.18. The summed E-state index contributed by atoms with van der Waals surface area (Å²) in [5.74, 6) is 1.17. The van der Waals surface area contributed by atoms with Gasteiger partial charge in [-0.2, -0.15) is 0 Å². The number of carboxylic acid groups (broad SMARTS) is 1. The Hall–Kier alpha value is -1.97. The highest BCUT2D eigenvalue weighted by Gasteiger charge is 2.35. The first-order chi connectivity index (χ1) is 8.89. The fraction of sp³-hybridized carbons (Fsp3) is 0.400. The number of rotatable bonds is 2. The van der Waals surface area contributed by atoms with Crippen molar-refractivity contribution >= 4 is 5.97 Å². The Morgan fingerprint density at radius 1 is 1.42 bits per heavy atom. The van der Waals surface area contributed by atoms with Crippen LogP contribution in [0.5, 0.6) is 0 Å². The van der Waals surface area contributed by atoms with Gasteiger partial charge in [0.1, 0.15) is 11.5 Å². The number of hydrogen-bond donors (Lipinski definition) is 2. The van der Waals surface area contributed by atoms with Crippen molar-refractivity contribution in [3.63, 3.8) is 0 Å². The summed E-state index contributed by atoms with van der Waals surface area (Å²) in [7, 11) is 0. The van der Waals surface area contributed by atoms with Crippen molar-refractivity contribution in [3.8, 4) is 0 Å². The van der Waals surface area contributed by atoms with E-state index >= 15 is 0 Å². The van der Waals surface area contributed by atoms with Crippen molar-refractivity contribution in [2.24, 2.45) is 11.1 Å². The van der Waals surface area contributed by atoms with Crippen LogP contribution in [0.1, 0.15) is 31.3 Å². The molecule has 0 saturated carbocycles. The maximum atomic E-state index is 10.9. The summed E-state index contributed by atoms with van der Waals surface area (Å²) in [6.07, 6.45) is 6.18. The molecule has 0 radical (unpaired) electrons. The van der Waals surface area contributed by atoms with E-state index in [4.69, 9.17) is 15.3 Å². The first-order valence-electron chi connectivity index (χ1n) is 6.30.